The Balaban J connectivity index is 1.43. The van der Waals surface area contributed by atoms with Crippen LogP contribution in [0.2, 0.25) is 0 Å². The molecule has 2 amide bonds. The van der Waals surface area contributed by atoms with Gasteiger partial charge in [0.15, 0.2) is 6.04 Å². The number of nitrogens with zero attached hydrogens (tertiary/aromatic N) is 3. The number of hydrogen-bond donors (Lipinski definition) is 1. The quantitative estimate of drug-likeness (QED) is 0.467. The standard InChI is InChI=1S/C25H21F3N4O2/c1-32(15-14-16-6-3-2-4-7-16)24(34)17-10-12-18(13-11-17)30-31-22-19-8-5-9-20(25(26,27)28)21(19)29-23(22)33/h2-13,22H,14-15H2,1H3,(H,29,33)/t22-/m1/s1. The number of para-hydroxylation sites is 1. The highest BCUT2D eigenvalue weighted by Gasteiger charge is 2.40. The molecule has 0 bridgehead atoms. The van der Waals surface area contributed by atoms with Crippen LogP contribution >= 0.6 is 0 Å². The summed E-state index contributed by atoms with van der Waals surface area (Å²) >= 11 is 0. The lowest BCUT2D eigenvalue weighted by Gasteiger charge is -2.17. The van der Waals surface area contributed by atoms with Gasteiger partial charge >= 0.3 is 6.18 Å². The summed E-state index contributed by atoms with van der Waals surface area (Å²) in [4.78, 5) is 26.5. The van der Waals surface area contributed by atoms with Crippen LogP contribution in [0.3, 0.4) is 0 Å². The molecular weight excluding hydrogens is 445 g/mol. The fourth-order valence-corrected chi connectivity index (χ4v) is 3.68. The Labute approximate surface area is 194 Å². The Morgan fingerprint density at radius 3 is 2.38 bits per heavy atom. The number of halogens is 3. The minimum atomic E-state index is -4.60. The third kappa shape index (κ3) is 4.98. The number of amides is 2. The van der Waals surface area contributed by atoms with Crippen LogP contribution in [0, 0.1) is 0 Å². The van der Waals surface area contributed by atoms with Gasteiger partial charge in [0, 0.05) is 24.7 Å². The minimum absolute atomic E-state index is 0.121. The van der Waals surface area contributed by atoms with Crippen molar-refractivity contribution in [3.05, 3.63) is 95.1 Å². The first-order chi connectivity index (χ1) is 16.2. The molecule has 3 aromatic rings. The highest BCUT2D eigenvalue weighted by atomic mass is 19.4. The molecule has 9 heteroatoms. The number of fused-ring (bicyclic) bond motifs is 1. The maximum absolute atomic E-state index is 13.2. The number of anilines is 1. The molecule has 1 aliphatic rings. The Bertz CT molecular complexity index is 1230. The number of hydrogen-bond acceptors (Lipinski definition) is 4. The molecule has 6 nitrogen and oxygen atoms in total. The maximum atomic E-state index is 13.2. The SMILES string of the molecule is CN(CCc1ccccc1)C(=O)c1ccc(N=N[C@H]2C(=O)Nc3c2cccc3C(F)(F)F)cc1. The van der Waals surface area contributed by atoms with Crippen LogP contribution in [0.25, 0.3) is 0 Å². The molecule has 0 unspecified atom stereocenters. The number of azo groups is 1. The summed E-state index contributed by atoms with van der Waals surface area (Å²) < 4.78 is 39.6. The lowest BCUT2D eigenvalue weighted by atomic mass is 10.0. The lowest BCUT2D eigenvalue weighted by Crippen LogP contribution is -2.28. The molecule has 34 heavy (non-hydrogen) atoms. The Morgan fingerprint density at radius 1 is 1.00 bits per heavy atom. The topological polar surface area (TPSA) is 74.1 Å². The van der Waals surface area contributed by atoms with Crippen molar-refractivity contribution in [2.75, 3.05) is 18.9 Å². The molecule has 0 spiro atoms. The van der Waals surface area contributed by atoms with Gasteiger partial charge in [-0.1, -0.05) is 42.5 Å². The second-order valence-electron chi connectivity index (χ2n) is 7.88. The van der Waals surface area contributed by atoms with E-state index in [1.807, 2.05) is 30.3 Å². The van der Waals surface area contributed by atoms with Crippen LogP contribution in [0.5, 0.6) is 0 Å². The van der Waals surface area contributed by atoms with Gasteiger partial charge in [0.2, 0.25) is 0 Å². The van der Waals surface area contributed by atoms with E-state index in [0.29, 0.717) is 17.8 Å². The predicted molar refractivity (Wildman–Crippen MR) is 121 cm³/mol. The van der Waals surface area contributed by atoms with Gasteiger partial charge in [-0.25, -0.2) is 0 Å². The fourth-order valence-electron chi connectivity index (χ4n) is 3.68. The molecule has 0 aliphatic carbocycles. The van der Waals surface area contributed by atoms with Gasteiger partial charge in [0.25, 0.3) is 11.8 Å². The summed E-state index contributed by atoms with van der Waals surface area (Å²) in [5.41, 5.74) is 0.886. The number of benzene rings is 3. The monoisotopic (exact) mass is 466 g/mol. The number of likely N-dealkylation sites (N-methyl/N-ethyl adjacent to an activating group) is 1. The first-order valence-electron chi connectivity index (χ1n) is 10.6. The average molecular weight is 466 g/mol. The predicted octanol–water partition coefficient (Wildman–Crippen LogP) is 5.80. The highest BCUT2D eigenvalue weighted by Crippen LogP contribution is 2.43. The van der Waals surface area contributed by atoms with Crippen molar-refractivity contribution < 1.29 is 22.8 Å². The number of rotatable bonds is 6. The van der Waals surface area contributed by atoms with Crippen LogP contribution in [-0.2, 0) is 17.4 Å². The van der Waals surface area contributed by atoms with E-state index in [-0.39, 0.29) is 17.2 Å². The van der Waals surface area contributed by atoms with Crippen molar-refractivity contribution in [2.24, 2.45) is 10.2 Å². The number of alkyl halides is 3. The van der Waals surface area contributed by atoms with Gasteiger partial charge < -0.3 is 10.2 Å². The molecule has 1 aliphatic heterocycles. The van der Waals surface area contributed by atoms with Gasteiger partial charge in [0.1, 0.15) is 0 Å². The first-order valence-corrected chi connectivity index (χ1v) is 10.6. The highest BCUT2D eigenvalue weighted by molar-refractivity contribution is 6.03. The summed E-state index contributed by atoms with van der Waals surface area (Å²) in [7, 11) is 1.73. The zero-order valence-electron chi connectivity index (χ0n) is 18.2. The van der Waals surface area contributed by atoms with Crippen molar-refractivity contribution in [1.29, 1.82) is 0 Å². The van der Waals surface area contributed by atoms with Crippen LogP contribution in [0.4, 0.5) is 24.5 Å². The van der Waals surface area contributed by atoms with Crippen LogP contribution in [0.1, 0.15) is 33.1 Å². The summed E-state index contributed by atoms with van der Waals surface area (Å²) in [6.07, 6.45) is -3.86. The largest absolute Gasteiger partial charge is 0.418 e. The van der Waals surface area contributed by atoms with E-state index >= 15 is 0 Å². The average Bonchev–Trinajstić information content (AvgIpc) is 3.15. The Hall–Kier alpha value is -4.01. The molecule has 0 saturated carbocycles. The molecule has 0 radical (unpaired) electrons. The molecular formula is C25H21F3N4O2. The van der Waals surface area contributed by atoms with E-state index in [1.165, 1.54) is 12.1 Å². The minimum Gasteiger partial charge on any atom is -0.341 e. The van der Waals surface area contributed by atoms with Crippen LogP contribution < -0.4 is 5.32 Å². The molecule has 0 aromatic heterocycles. The lowest BCUT2D eigenvalue weighted by molar-refractivity contribution is -0.136. The number of carbonyl (C=O) groups excluding carboxylic acids is 2. The summed E-state index contributed by atoms with van der Waals surface area (Å²) in [5.74, 6) is -0.828. The number of carbonyl (C=O) groups is 2. The zero-order valence-corrected chi connectivity index (χ0v) is 18.2. The number of nitrogens with one attached hydrogen (secondary N) is 1. The summed E-state index contributed by atoms with van der Waals surface area (Å²) in [6.45, 7) is 0.556. The van der Waals surface area contributed by atoms with Crippen molar-refractivity contribution in [3.63, 3.8) is 0 Å². The molecule has 0 fully saturated rings. The van der Waals surface area contributed by atoms with Gasteiger partial charge in [-0.3, -0.25) is 9.59 Å². The van der Waals surface area contributed by atoms with Crippen LogP contribution in [0.15, 0.2) is 83.0 Å². The normalized spacial score (nSPS) is 15.3. The second kappa shape index (κ2) is 9.46. The Morgan fingerprint density at radius 2 is 1.71 bits per heavy atom. The molecule has 1 heterocycles. The molecule has 3 aromatic carbocycles. The molecule has 4 rings (SSSR count). The zero-order chi connectivity index (χ0) is 24.3. The van der Waals surface area contributed by atoms with Gasteiger partial charge in [-0.05, 0) is 42.3 Å². The van der Waals surface area contributed by atoms with Crippen molar-refractivity contribution in [1.82, 2.24) is 4.90 Å². The molecule has 174 valence electrons. The molecule has 0 saturated heterocycles. The fraction of sp³-hybridized carbons (Fsp3) is 0.200. The van der Waals surface area contributed by atoms with Gasteiger partial charge in [-0.15, -0.1) is 0 Å². The third-order valence-electron chi connectivity index (χ3n) is 5.52. The molecule has 1 N–H and O–H groups in total. The van der Waals surface area contributed by atoms with E-state index in [2.05, 4.69) is 15.5 Å². The van der Waals surface area contributed by atoms with Crippen molar-refractivity contribution >= 4 is 23.2 Å². The second-order valence-corrected chi connectivity index (χ2v) is 7.88. The van der Waals surface area contributed by atoms with E-state index in [1.54, 1.807) is 36.2 Å². The maximum Gasteiger partial charge on any atom is 0.418 e. The van der Waals surface area contributed by atoms with Gasteiger partial charge in [-0.2, -0.15) is 23.4 Å². The molecule has 1 atom stereocenters. The summed E-state index contributed by atoms with van der Waals surface area (Å²) in [5, 5.41) is 10.2. The van der Waals surface area contributed by atoms with Gasteiger partial charge in [0.05, 0.1) is 16.9 Å². The van der Waals surface area contributed by atoms with E-state index in [9.17, 15) is 22.8 Å². The van der Waals surface area contributed by atoms with E-state index < -0.39 is 23.7 Å². The van der Waals surface area contributed by atoms with Crippen LogP contribution in [-0.4, -0.2) is 30.3 Å². The Kier molecular flexibility index (Phi) is 6.45. The van der Waals surface area contributed by atoms with Crippen molar-refractivity contribution in [2.45, 2.75) is 18.6 Å². The smallest absolute Gasteiger partial charge is 0.341 e. The van der Waals surface area contributed by atoms with E-state index in [4.69, 9.17) is 0 Å². The third-order valence-corrected chi connectivity index (χ3v) is 5.52. The van der Waals surface area contributed by atoms with E-state index in [0.717, 1.165) is 18.1 Å². The summed E-state index contributed by atoms with van der Waals surface area (Å²) in [6, 6.07) is 18.6. The first kappa shape index (κ1) is 23.2. The van der Waals surface area contributed by atoms with Crippen molar-refractivity contribution in [3.8, 4) is 0 Å².